The lowest BCUT2D eigenvalue weighted by molar-refractivity contribution is 0.0923. The zero-order chi connectivity index (χ0) is 23.3. The third-order valence-corrected chi connectivity index (χ3v) is 6.34. The van der Waals surface area contributed by atoms with Crippen LogP contribution in [0.5, 0.6) is 0 Å². The van der Waals surface area contributed by atoms with Gasteiger partial charge in [0.25, 0.3) is 21.8 Å². The van der Waals surface area contributed by atoms with E-state index in [1.807, 2.05) is 0 Å². The van der Waals surface area contributed by atoms with E-state index in [1.54, 1.807) is 44.2 Å². The van der Waals surface area contributed by atoms with Crippen LogP contribution in [0.2, 0.25) is 0 Å². The molecule has 1 aliphatic rings. The number of para-hydroxylation sites is 2. The summed E-state index contributed by atoms with van der Waals surface area (Å²) < 4.78 is 27.8. The number of amides is 2. The Labute approximate surface area is 188 Å². The summed E-state index contributed by atoms with van der Waals surface area (Å²) in [6.45, 7) is 3.46. The van der Waals surface area contributed by atoms with Crippen molar-refractivity contribution >= 4 is 44.5 Å². The molecule has 11 heteroatoms. The molecule has 33 heavy (non-hydrogen) atoms. The van der Waals surface area contributed by atoms with Crippen molar-refractivity contribution in [2.75, 3.05) is 9.62 Å². The van der Waals surface area contributed by atoms with Crippen LogP contribution in [0, 0.1) is 13.8 Å². The van der Waals surface area contributed by atoms with Gasteiger partial charge in [-0.05, 0) is 56.3 Å². The highest BCUT2D eigenvalue weighted by Crippen LogP contribution is 2.28. The van der Waals surface area contributed by atoms with Gasteiger partial charge in [-0.15, -0.1) is 0 Å². The average Bonchev–Trinajstić information content (AvgIpc) is 3.01. The molecule has 5 rings (SSSR count). The number of carbonyl (C=O) groups excluding carboxylic acids is 2. The second-order valence-electron chi connectivity index (χ2n) is 7.43. The van der Waals surface area contributed by atoms with Gasteiger partial charge in [0.05, 0.1) is 21.6 Å². The van der Waals surface area contributed by atoms with E-state index in [4.69, 9.17) is 0 Å². The Hall–Kier alpha value is -4.25. The second kappa shape index (κ2) is 7.41. The standard InChI is InChI=1S/C22H16N6O4S/c1-12-11-13(2)24-22(23-12)27-33(31,32)15-9-7-14(8-10-15)28-20(29)18-19(21(28)30)26-17-6-4-3-5-16(17)25-18/h3-11H,1-2H3,(H,23,24,27). The summed E-state index contributed by atoms with van der Waals surface area (Å²) in [7, 11) is -3.98. The number of aromatic nitrogens is 4. The third-order valence-electron chi connectivity index (χ3n) is 5.00. The fourth-order valence-electron chi connectivity index (χ4n) is 3.56. The summed E-state index contributed by atoms with van der Waals surface area (Å²) >= 11 is 0. The van der Waals surface area contributed by atoms with Crippen LogP contribution in [0.1, 0.15) is 32.4 Å². The highest BCUT2D eigenvalue weighted by Gasteiger charge is 2.40. The van der Waals surface area contributed by atoms with Crippen molar-refractivity contribution in [3.63, 3.8) is 0 Å². The molecule has 10 nitrogen and oxygen atoms in total. The van der Waals surface area contributed by atoms with E-state index in [2.05, 4.69) is 24.7 Å². The lowest BCUT2D eigenvalue weighted by Gasteiger charge is -2.14. The molecule has 0 bridgehead atoms. The Bertz CT molecular complexity index is 1490. The maximum Gasteiger partial charge on any atom is 0.286 e. The summed E-state index contributed by atoms with van der Waals surface area (Å²) in [5, 5.41) is 0. The molecule has 4 aromatic rings. The van der Waals surface area contributed by atoms with Crippen molar-refractivity contribution in [2.24, 2.45) is 0 Å². The van der Waals surface area contributed by atoms with E-state index in [0.29, 0.717) is 22.4 Å². The SMILES string of the molecule is Cc1cc(C)nc(NS(=O)(=O)c2ccc(N3C(=O)c4nc5ccccc5nc4C3=O)cc2)n1. The van der Waals surface area contributed by atoms with Crippen molar-refractivity contribution in [1.82, 2.24) is 19.9 Å². The average molecular weight is 460 g/mol. The van der Waals surface area contributed by atoms with Crippen molar-refractivity contribution in [1.29, 1.82) is 0 Å². The number of nitrogens with zero attached hydrogens (tertiary/aromatic N) is 5. The van der Waals surface area contributed by atoms with Gasteiger partial charge in [0.1, 0.15) is 0 Å². The number of fused-ring (bicyclic) bond motifs is 2. The molecule has 2 aromatic heterocycles. The van der Waals surface area contributed by atoms with Crippen molar-refractivity contribution in [3.8, 4) is 0 Å². The molecule has 0 atom stereocenters. The van der Waals surface area contributed by atoms with Gasteiger partial charge in [-0.3, -0.25) is 9.59 Å². The quantitative estimate of drug-likeness (QED) is 0.459. The summed E-state index contributed by atoms with van der Waals surface area (Å²) in [5.41, 5.74) is 2.37. The molecule has 0 unspecified atom stereocenters. The van der Waals surface area contributed by atoms with Crippen molar-refractivity contribution in [2.45, 2.75) is 18.7 Å². The van der Waals surface area contributed by atoms with Gasteiger partial charge in [0.2, 0.25) is 5.95 Å². The molecule has 0 fully saturated rings. The number of nitrogens with one attached hydrogen (secondary N) is 1. The lowest BCUT2D eigenvalue weighted by atomic mass is 10.2. The van der Waals surface area contributed by atoms with E-state index in [0.717, 1.165) is 4.90 Å². The van der Waals surface area contributed by atoms with E-state index >= 15 is 0 Å². The Kier molecular flexibility index (Phi) is 4.64. The maximum atomic E-state index is 12.9. The van der Waals surface area contributed by atoms with E-state index in [1.165, 1.54) is 24.3 Å². The summed E-state index contributed by atoms with van der Waals surface area (Å²) in [6, 6.07) is 14.0. The van der Waals surface area contributed by atoms with Crippen molar-refractivity contribution in [3.05, 3.63) is 77.4 Å². The van der Waals surface area contributed by atoms with Gasteiger partial charge in [0.15, 0.2) is 11.4 Å². The fourth-order valence-corrected chi connectivity index (χ4v) is 4.51. The minimum atomic E-state index is -3.98. The van der Waals surface area contributed by atoms with E-state index in [9.17, 15) is 18.0 Å². The van der Waals surface area contributed by atoms with Crippen LogP contribution in [0.15, 0.2) is 59.5 Å². The molecular weight excluding hydrogens is 444 g/mol. The van der Waals surface area contributed by atoms with Gasteiger partial charge in [0, 0.05) is 11.4 Å². The van der Waals surface area contributed by atoms with Gasteiger partial charge >= 0.3 is 0 Å². The molecule has 1 N–H and O–H groups in total. The molecule has 0 saturated carbocycles. The Morgan fingerprint density at radius 2 is 1.27 bits per heavy atom. The molecular formula is C22H16N6O4S. The molecule has 0 radical (unpaired) electrons. The number of sulfonamides is 1. The lowest BCUT2D eigenvalue weighted by Crippen LogP contribution is -2.29. The largest absolute Gasteiger partial charge is 0.286 e. The van der Waals surface area contributed by atoms with E-state index in [-0.39, 0.29) is 27.9 Å². The number of carbonyl (C=O) groups is 2. The first kappa shape index (κ1) is 20.6. The van der Waals surface area contributed by atoms with Crippen LogP contribution in [0.4, 0.5) is 11.6 Å². The van der Waals surface area contributed by atoms with Crippen LogP contribution in [0.25, 0.3) is 11.0 Å². The predicted molar refractivity (Wildman–Crippen MR) is 119 cm³/mol. The van der Waals surface area contributed by atoms with Crippen LogP contribution in [0.3, 0.4) is 0 Å². The second-order valence-corrected chi connectivity index (χ2v) is 9.11. The Balaban J connectivity index is 1.45. The Morgan fingerprint density at radius 3 is 1.79 bits per heavy atom. The first-order valence-electron chi connectivity index (χ1n) is 9.84. The monoisotopic (exact) mass is 460 g/mol. The van der Waals surface area contributed by atoms with E-state index < -0.39 is 21.8 Å². The van der Waals surface area contributed by atoms with Gasteiger partial charge in [-0.25, -0.2) is 38.0 Å². The van der Waals surface area contributed by atoms with Crippen LogP contribution in [-0.2, 0) is 10.0 Å². The molecule has 2 amide bonds. The summed E-state index contributed by atoms with van der Waals surface area (Å²) in [6.07, 6.45) is 0. The minimum absolute atomic E-state index is 0.0379. The fraction of sp³-hybridized carbons (Fsp3) is 0.0909. The number of aryl methyl sites for hydroxylation is 2. The molecule has 2 aromatic carbocycles. The zero-order valence-electron chi connectivity index (χ0n) is 17.5. The van der Waals surface area contributed by atoms with Gasteiger partial charge in [-0.2, -0.15) is 0 Å². The zero-order valence-corrected chi connectivity index (χ0v) is 18.3. The predicted octanol–water partition coefficient (Wildman–Crippen LogP) is 2.64. The number of imide groups is 1. The summed E-state index contributed by atoms with van der Waals surface area (Å²) in [4.78, 5) is 43.4. The molecule has 3 heterocycles. The van der Waals surface area contributed by atoms with Crippen LogP contribution in [-0.4, -0.2) is 40.2 Å². The number of benzene rings is 2. The first-order valence-corrected chi connectivity index (χ1v) is 11.3. The van der Waals surface area contributed by atoms with Crippen molar-refractivity contribution < 1.29 is 18.0 Å². The molecule has 1 aliphatic heterocycles. The topological polar surface area (TPSA) is 135 Å². The summed E-state index contributed by atoms with van der Waals surface area (Å²) in [5.74, 6) is -1.28. The van der Waals surface area contributed by atoms with Gasteiger partial charge < -0.3 is 0 Å². The third kappa shape index (κ3) is 3.57. The molecule has 0 spiro atoms. The highest BCUT2D eigenvalue weighted by atomic mass is 32.2. The first-order chi connectivity index (χ1) is 15.7. The number of hydrogen-bond acceptors (Lipinski definition) is 8. The number of rotatable bonds is 4. The molecule has 0 aliphatic carbocycles. The van der Waals surface area contributed by atoms with Crippen LogP contribution >= 0.6 is 0 Å². The van der Waals surface area contributed by atoms with Gasteiger partial charge in [-0.1, -0.05) is 12.1 Å². The minimum Gasteiger partial charge on any atom is -0.266 e. The smallest absolute Gasteiger partial charge is 0.266 e. The molecule has 0 saturated heterocycles. The number of anilines is 2. The normalized spacial score (nSPS) is 13.5. The highest BCUT2D eigenvalue weighted by molar-refractivity contribution is 7.92. The van der Waals surface area contributed by atoms with Crippen LogP contribution < -0.4 is 9.62 Å². The Morgan fingerprint density at radius 1 is 0.758 bits per heavy atom. The maximum absolute atomic E-state index is 12.9. The number of hydrogen-bond donors (Lipinski definition) is 1. The molecule has 164 valence electrons.